The fraction of sp³-hybridized carbons (Fsp3) is 0.0385. The van der Waals surface area contributed by atoms with Crippen molar-refractivity contribution in [3.05, 3.63) is 99.7 Å². The number of aliphatic hydroxyl groups excluding tert-OH is 1. The van der Waals surface area contributed by atoms with E-state index in [-0.39, 0.29) is 54.0 Å². The van der Waals surface area contributed by atoms with Gasteiger partial charge in [-0.05, 0) is 54.7 Å². The van der Waals surface area contributed by atoms with Crippen LogP contribution in [0.15, 0.2) is 78.9 Å². The summed E-state index contributed by atoms with van der Waals surface area (Å²) in [5.74, 6) is -0.736. The van der Waals surface area contributed by atoms with Gasteiger partial charge in [-0.3, -0.25) is 0 Å². The summed E-state index contributed by atoms with van der Waals surface area (Å²) in [7, 11) is -3.48. The van der Waals surface area contributed by atoms with Crippen molar-refractivity contribution in [1.29, 1.82) is 0 Å². The molecule has 0 radical (unpaired) electrons. The third-order valence-electron chi connectivity index (χ3n) is 5.52. The van der Waals surface area contributed by atoms with Crippen LogP contribution < -0.4 is 35.7 Å². The van der Waals surface area contributed by atoms with Gasteiger partial charge in [0.05, 0.1) is 21.4 Å². The Morgan fingerprint density at radius 1 is 0.833 bits per heavy atom. The number of ether oxygens (including phenoxy) is 2. The van der Waals surface area contributed by atoms with E-state index in [1.165, 1.54) is 24.3 Å². The summed E-state index contributed by atoms with van der Waals surface area (Å²) < 4.78 is 30.8. The highest BCUT2D eigenvalue weighted by Crippen LogP contribution is 2.28. The van der Waals surface area contributed by atoms with E-state index in [0.717, 1.165) is 12.1 Å². The molecular weight excluding hydrogens is 631 g/mol. The van der Waals surface area contributed by atoms with Crippen molar-refractivity contribution in [2.24, 2.45) is 0 Å². The number of anilines is 2. The number of benzene rings is 4. The minimum absolute atomic E-state index is 0.00112. The topological polar surface area (TPSA) is 133 Å². The average Bonchev–Trinajstić information content (AvgIpc) is 2.93. The van der Waals surface area contributed by atoms with Gasteiger partial charge in [-0.25, -0.2) is 4.39 Å². The molecule has 0 saturated heterocycles. The van der Waals surface area contributed by atoms with Crippen molar-refractivity contribution in [1.82, 2.24) is 0 Å². The summed E-state index contributed by atoms with van der Waals surface area (Å²) in [5.41, 5.74) is 0.465. The average molecular weight is 652 g/mol. The standard InChI is InChI=1S/C26H20B2Cl3FN2O7S/c29-18-13-19(30)22(12-17(18)27(36)37)34-26(42)40-23-11-15(9-10-20(23)32)41-28(38)16-7-4-8-21(24(16)31)33-25(35)39-14-5-2-1-3-6-14/h1-13,25,33,35-38H,(H,34,42). The van der Waals surface area contributed by atoms with Gasteiger partial charge < -0.3 is 44.9 Å². The number of rotatable bonds is 10. The van der Waals surface area contributed by atoms with E-state index >= 15 is 0 Å². The molecule has 16 heteroatoms. The van der Waals surface area contributed by atoms with Gasteiger partial charge in [-0.2, -0.15) is 0 Å². The maximum atomic E-state index is 14.5. The highest BCUT2D eigenvalue weighted by Gasteiger charge is 2.25. The van der Waals surface area contributed by atoms with Crippen molar-refractivity contribution < 1.29 is 38.7 Å². The van der Waals surface area contributed by atoms with Gasteiger partial charge in [0.2, 0.25) is 0 Å². The molecule has 1 atom stereocenters. The Morgan fingerprint density at radius 3 is 2.29 bits per heavy atom. The monoisotopic (exact) mass is 650 g/mol. The van der Waals surface area contributed by atoms with Gasteiger partial charge in [-0.15, -0.1) is 0 Å². The summed E-state index contributed by atoms with van der Waals surface area (Å²) in [5, 5.41) is 45.0. The fourth-order valence-corrected chi connectivity index (χ4v) is 4.57. The smallest absolute Gasteiger partial charge is 0.532 e. The van der Waals surface area contributed by atoms with Crippen molar-refractivity contribution >= 4 is 88.7 Å². The Bertz CT molecular complexity index is 1580. The fourth-order valence-electron chi connectivity index (χ4n) is 3.56. The molecule has 9 nitrogen and oxygen atoms in total. The molecule has 0 bridgehead atoms. The molecule has 0 aliphatic heterocycles. The Balaban J connectivity index is 1.43. The summed E-state index contributed by atoms with van der Waals surface area (Å²) in [4.78, 5) is 0. The van der Waals surface area contributed by atoms with E-state index in [1.807, 2.05) is 0 Å². The third-order valence-corrected chi connectivity index (χ3v) is 6.77. The maximum Gasteiger partial charge on any atom is 0.561 e. The summed E-state index contributed by atoms with van der Waals surface area (Å²) >= 11 is 23.7. The second-order valence-corrected chi connectivity index (χ2v) is 10.0. The number of thiocarbonyl (C=S) groups is 1. The first-order valence-electron chi connectivity index (χ1n) is 11.9. The first-order valence-corrected chi connectivity index (χ1v) is 13.5. The first-order chi connectivity index (χ1) is 20.0. The minimum Gasteiger partial charge on any atom is -0.532 e. The summed E-state index contributed by atoms with van der Waals surface area (Å²) in [6.45, 7) is 0. The normalized spacial score (nSPS) is 11.3. The second kappa shape index (κ2) is 14.3. The van der Waals surface area contributed by atoms with Crippen LogP contribution in [0.2, 0.25) is 15.1 Å². The maximum absolute atomic E-state index is 14.5. The molecule has 4 aromatic carbocycles. The Hall–Kier alpha value is -3.26. The van der Waals surface area contributed by atoms with Crippen LogP contribution in [-0.2, 0) is 0 Å². The molecule has 0 saturated carbocycles. The summed E-state index contributed by atoms with van der Waals surface area (Å²) in [6, 6.07) is 19.2. The van der Waals surface area contributed by atoms with Gasteiger partial charge >= 0.3 is 14.2 Å². The lowest BCUT2D eigenvalue weighted by atomic mass is 9.79. The van der Waals surface area contributed by atoms with Gasteiger partial charge in [0, 0.05) is 22.0 Å². The van der Waals surface area contributed by atoms with Crippen LogP contribution in [0.4, 0.5) is 15.8 Å². The molecule has 6 N–H and O–H groups in total. The molecule has 0 spiro atoms. The number of nitrogens with one attached hydrogen (secondary N) is 2. The predicted molar refractivity (Wildman–Crippen MR) is 166 cm³/mol. The minimum atomic E-state index is -1.87. The number of para-hydroxylation sites is 1. The molecule has 0 amide bonds. The summed E-state index contributed by atoms with van der Waals surface area (Å²) in [6.07, 6.45) is -1.45. The van der Waals surface area contributed by atoms with Crippen LogP contribution >= 0.6 is 47.0 Å². The number of hydrogen-bond acceptors (Lipinski definition) is 9. The molecule has 4 rings (SSSR count). The van der Waals surface area contributed by atoms with Crippen LogP contribution in [-0.4, -0.2) is 46.0 Å². The molecule has 216 valence electrons. The number of hydrogen-bond donors (Lipinski definition) is 6. The molecule has 0 heterocycles. The molecule has 0 aliphatic carbocycles. The SMILES string of the molecule is OB(O)c1cc(NC(=S)Oc2cc(OB(O)c3cccc(NC(O)Oc4ccccc4)c3Cl)ccc2F)c(Cl)cc1Cl. The Kier molecular flexibility index (Phi) is 10.8. The van der Waals surface area contributed by atoms with Gasteiger partial charge in [-0.1, -0.05) is 65.1 Å². The Labute approximate surface area is 260 Å². The van der Waals surface area contributed by atoms with Crippen molar-refractivity contribution in [2.45, 2.75) is 6.41 Å². The van der Waals surface area contributed by atoms with Crippen LogP contribution in [0, 0.1) is 5.82 Å². The van der Waals surface area contributed by atoms with Crippen LogP contribution in [0.5, 0.6) is 17.2 Å². The molecule has 4 aromatic rings. The third kappa shape index (κ3) is 8.18. The number of halogens is 4. The van der Waals surface area contributed by atoms with E-state index in [0.29, 0.717) is 5.75 Å². The highest BCUT2D eigenvalue weighted by molar-refractivity contribution is 7.80. The van der Waals surface area contributed by atoms with Crippen LogP contribution in [0.1, 0.15) is 0 Å². The lowest BCUT2D eigenvalue weighted by Gasteiger charge is -2.19. The van der Waals surface area contributed by atoms with Crippen molar-refractivity contribution in [2.75, 3.05) is 10.6 Å². The van der Waals surface area contributed by atoms with Crippen molar-refractivity contribution in [3.8, 4) is 17.2 Å². The largest absolute Gasteiger partial charge is 0.561 e. The van der Waals surface area contributed by atoms with Gasteiger partial charge in [0.1, 0.15) is 11.5 Å². The lowest BCUT2D eigenvalue weighted by molar-refractivity contribution is 0.00775. The highest BCUT2D eigenvalue weighted by atomic mass is 35.5. The first kappa shape index (κ1) is 31.7. The van der Waals surface area contributed by atoms with E-state index in [1.54, 1.807) is 42.5 Å². The van der Waals surface area contributed by atoms with Crippen molar-refractivity contribution in [3.63, 3.8) is 0 Å². The van der Waals surface area contributed by atoms with E-state index < -0.39 is 26.5 Å². The molecule has 0 fully saturated rings. The zero-order valence-electron chi connectivity index (χ0n) is 21.2. The van der Waals surface area contributed by atoms with E-state index in [2.05, 4.69) is 10.6 Å². The second-order valence-electron chi connectivity index (χ2n) is 8.44. The predicted octanol–water partition coefficient (Wildman–Crippen LogP) is 3.77. The molecule has 42 heavy (non-hydrogen) atoms. The zero-order valence-corrected chi connectivity index (χ0v) is 24.3. The quantitative estimate of drug-likeness (QED) is 0.0856. The van der Waals surface area contributed by atoms with Gasteiger partial charge in [0.15, 0.2) is 11.6 Å². The van der Waals surface area contributed by atoms with Crippen LogP contribution in [0.25, 0.3) is 0 Å². The zero-order chi connectivity index (χ0) is 30.4. The van der Waals surface area contributed by atoms with E-state index in [9.17, 15) is 24.6 Å². The van der Waals surface area contributed by atoms with Crippen LogP contribution in [0.3, 0.4) is 0 Å². The molecule has 0 aromatic heterocycles. The lowest BCUT2D eigenvalue weighted by Crippen LogP contribution is -2.38. The van der Waals surface area contributed by atoms with E-state index in [4.69, 9.17) is 61.1 Å². The number of aliphatic hydroxyl groups is 1. The molecular formula is C26H20B2Cl3FN2O7S. The Morgan fingerprint density at radius 2 is 1.57 bits per heavy atom. The molecule has 0 aliphatic rings. The van der Waals surface area contributed by atoms with Gasteiger partial charge in [0.25, 0.3) is 11.6 Å². The molecule has 1 unspecified atom stereocenters.